The van der Waals surface area contributed by atoms with E-state index in [1.165, 1.54) is 6.21 Å². The van der Waals surface area contributed by atoms with Gasteiger partial charge >= 0.3 is 11.9 Å². The van der Waals surface area contributed by atoms with Gasteiger partial charge in [-0.1, -0.05) is 22.0 Å². The van der Waals surface area contributed by atoms with E-state index in [0.717, 1.165) is 23.3 Å². The molecule has 3 aromatic carbocycles. The summed E-state index contributed by atoms with van der Waals surface area (Å²) in [5.41, 5.74) is 1.39. The van der Waals surface area contributed by atoms with Crippen LogP contribution in [0.2, 0.25) is 0 Å². The molecule has 3 aromatic rings. The molecule has 10 heteroatoms. The number of alkyl halides is 3. The van der Waals surface area contributed by atoms with Gasteiger partial charge in [0, 0.05) is 22.3 Å². The molecular weight excluding hydrogens is 557 g/mol. The normalized spacial score (nSPS) is 11.7. The molecule has 0 saturated heterocycles. The van der Waals surface area contributed by atoms with Crippen LogP contribution in [-0.2, 0) is 6.18 Å². The fourth-order valence-electron chi connectivity index (χ4n) is 2.77. The first-order valence-corrected chi connectivity index (χ1v) is 10.7. The zero-order valence-corrected chi connectivity index (χ0v) is 19.9. The van der Waals surface area contributed by atoms with Crippen molar-refractivity contribution in [2.45, 2.75) is 20.0 Å². The summed E-state index contributed by atoms with van der Waals surface area (Å²) >= 11 is 6.71. The van der Waals surface area contributed by atoms with Crippen molar-refractivity contribution in [2.75, 3.05) is 0 Å². The summed E-state index contributed by atoms with van der Waals surface area (Å²) in [6.07, 6.45) is -3.20. The Bertz CT molecular complexity index is 1230. The third-order valence-corrected chi connectivity index (χ3v) is 5.62. The molecule has 0 aliphatic heterocycles. The van der Waals surface area contributed by atoms with Crippen LogP contribution >= 0.6 is 31.9 Å². The Morgan fingerprint density at radius 2 is 1.75 bits per heavy atom. The molecule has 0 heterocycles. The molecule has 0 fully saturated rings. The quantitative estimate of drug-likeness (QED) is 0.176. The van der Waals surface area contributed by atoms with Crippen LogP contribution in [0, 0.1) is 24.0 Å². The molecule has 0 amide bonds. The number of benzene rings is 3. The van der Waals surface area contributed by atoms with Crippen molar-refractivity contribution in [1.29, 1.82) is 0 Å². The number of hydrogen-bond acceptors (Lipinski definition) is 4. The fraction of sp³-hybridized carbons (Fsp3) is 0.136. The maximum Gasteiger partial charge on any atom is 0.416 e. The second kappa shape index (κ2) is 9.41. The second-order valence-corrected chi connectivity index (χ2v) is 8.64. The minimum atomic E-state index is -4.72. The summed E-state index contributed by atoms with van der Waals surface area (Å²) in [6.45, 7) is 3.94. The van der Waals surface area contributed by atoms with Gasteiger partial charge in [0.05, 0.1) is 20.6 Å². The van der Waals surface area contributed by atoms with Crippen LogP contribution in [0.5, 0.6) is 11.5 Å². The molecule has 0 spiro atoms. The van der Waals surface area contributed by atoms with E-state index in [1.54, 1.807) is 12.1 Å². The van der Waals surface area contributed by atoms with Crippen LogP contribution in [0.3, 0.4) is 0 Å². The van der Waals surface area contributed by atoms with Crippen LogP contribution in [0.15, 0.2) is 62.5 Å². The maximum atomic E-state index is 13.0. The number of nitro benzene ring substituents is 1. The van der Waals surface area contributed by atoms with Gasteiger partial charge in [0.25, 0.3) is 0 Å². The number of aliphatic imine (C=N–C) groups is 1. The van der Waals surface area contributed by atoms with Crippen LogP contribution in [0.25, 0.3) is 0 Å². The van der Waals surface area contributed by atoms with E-state index < -0.39 is 22.4 Å². The zero-order chi connectivity index (χ0) is 23.6. The monoisotopic (exact) mass is 570 g/mol. The summed E-state index contributed by atoms with van der Waals surface area (Å²) in [4.78, 5) is 14.9. The highest BCUT2D eigenvalue weighted by Crippen LogP contribution is 2.41. The van der Waals surface area contributed by atoms with Crippen LogP contribution in [-0.4, -0.2) is 11.1 Å². The van der Waals surface area contributed by atoms with Crippen LogP contribution in [0.1, 0.15) is 22.3 Å². The van der Waals surface area contributed by atoms with Crippen LogP contribution in [0.4, 0.5) is 24.5 Å². The van der Waals surface area contributed by atoms with E-state index in [9.17, 15) is 23.3 Å². The van der Waals surface area contributed by atoms with Crippen LogP contribution < -0.4 is 4.74 Å². The smallest absolute Gasteiger partial charge is 0.416 e. The Balaban J connectivity index is 2.04. The third kappa shape index (κ3) is 5.55. The fourth-order valence-corrected chi connectivity index (χ4v) is 4.11. The van der Waals surface area contributed by atoms with Crippen molar-refractivity contribution in [3.63, 3.8) is 0 Å². The zero-order valence-electron chi connectivity index (χ0n) is 16.7. The van der Waals surface area contributed by atoms with Gasteiger partial charge in [-0.05, 0) is 77.3 Å². The number of aryl methyl sites for hydroxylation is 2. The molecule has 0 radical (unpaired) electrons. The number of nitrogens with zero attached hydrogens (tertiary/aromatic N) is 2. The number of rotatable bonds is 5. The Hall–Kier alpha value is -2.72. The first-order chi connectivity index (χ1) is 15.0. The minimum absolute atomic E-state index is 0.170. The summed E-state index contributed by atoms with van der Waals surface area (Å²) in [6, 6.07) is 11.1. The highest BCUT2D eigenvalue weighted by atomic mass is 79.9. The highest BCUT2D eigenvalue weighted by Gasteiger charge is 2.33. The molecule has 5 nitrogen and oxygen atoms in total. The van der Waals surface area contributed by atoms with Crippen molar-refractivity contribution in [3.05, 3.63) is 89.8 Å². The molecule has 0 atom stereocenters. The molecule has 0 aromatic heterocycles. The minimum Gasteiger partial charge on any atom is -0.448 e. The molecule has 0 bridgehead atoms. The predicted octanol–water partition coefficient (Wildman–Crippen LogP) is 8.30. The number of ether oxygens (including phenoxy) is 1. The lowest BCUT2D eigenvalue weighted by atomic mass is 10.1. The Kier molecular flexibility index (Phi) is 7.04. The lowest BCUT2D eigenvalue weighted by Gasteiger charge is -2.13. The van der Waals surface area contributed by atoms with E-state index in [2.05, 4.69) is 36.9 Å². The molecule has 3 rings (SSSR count). The SMILES string of the molecule is Cc1ccc(N=Cc2cc(Br)cc(Br)c2Oc2ccc(C(F)(F)F)cc2[N+](=O)[O-])cc1C. The molecule has 166 valence electrons. The molecule has 0 saturated carbocycles. The topological polar surface area (TPSA) is 64.7 Å². The molecule has 32 heavy (non-hydrogen) atoms. The van der Waals surface area contributed by atoms with E-state index in [1.807, 2.05) is 32.0 Å². The number of halogens is 5. The van der Waals surface area contributed by atoms with Crippen molar-refractivity contribution in [3.8, 4) is 11.5 Å². The number of nitro groups is 1. The second-order valence-electron chi connectivity index (χ2n) is 6.87. The molecule has 0 aliphatic rings. The van der Waals surface area contributed by atoms with Gasteiger partial charge in [-0.2, -0.15) is 13.2 Å². The van der Waals surface area contributed by atoms with E-state index in [4.69, 9.17) is 4.74 Å². The standard InChI is InChI=1S/C22H15Br2F3N2O3/c1-12-3-5-17(7-13(12)2)28-11-14-8-16(23)10-18(24)21(14)32-20-6-4-15(22(25,26)27)9-19(20)29(30)31/h3-11H,1-2H3. The van der Waals surface area contributed by atoms with E-state index >= 15 is 0 Å². The molecule has 0 aliphatic carbocycles. The first kappa shape index (κ1) is 23.9. The van der Waals surface area contributed by atoms with E-state index in [-0.39, 0.29) is 11.5 Å². The summed E-state index contributed by atoms with van der Waals surface area (Å²) in [5.74, 6) is -0.157. The van der Waals surface area contributed by atoms with Gasteiger partial charge < -0.3 is 4.74 Å². The van der Waals surface area contributed by atoms with Crippen molar-refractivity contribution < 1.29 is 22.8 Å². The van der Waals surface area contributed by atoms with Crippen molar-refractivity contribution >= 4 is 49.4 Å². The molecular formula is C22H15Br2F3N2O3. The average Bonchev–Trinajstić information content (AvgIpc) is 2.70. The lowest BCUT2D eigenvalue weighted by Crippen LogP contribution is -2.06. The Morgan fingerprint density at radius 1 is 1.03 bits per heavy atom. The first-order valence-electron chi connectivity index (χ1n) is 9.09. The summed E-state index contributed by atoms with van der Waals surface area (Å²) in [5, 5.41) is 11.4. The van der Waals surface area contributed by atoms with Gasteiger partial charge in [0.2, 0.25) is 5.75 Å². The largest absolute Gasteiger partial charge is 0.448 e. The lowest BCUT2D eigenvalue weighted by molar-refractivity contribution is -0.385. The van der Waals surface area contributed by atoms with Crippen molar-refractivity contribution in [1.82, 2.24) is 0 Å². The molecule has 0 N–H and O–H groups in total. The Morgan fingerprint density at radius 3 is 2.38 bits per heavy atom. The van der Waals surface area contributed by atoms with Crippen molar-refractivity contribution in [2.24, 2.45) is 4.99 Å². The predicted molar refractivity (Wildman–Crippen MR) is 123 cm³/mol. The highest BCUT2D eigenvalue weighted by molar-refractivity contribution is 9.11. The average molecular weight is 572 g/mol. The maximum absolute atomic E-state index is 13.0. The number of hydrogen-bond donors (Lipinski definition) is 0. The summed E-state index contributed by atoms with van der Waals surface area (Å²) < 4.78 is 45.8. The third-order valence-electron chi connectivity index (χ3n) is 4.58. The van der Waals surface area contributed by atoms with Gasteiger partial charge in [0.1, 0.15) is 0 Å². The molecule has 0 unspecified atom stereocenters. The summed E-state index contributed by atoms with van der Waals surface area (Å²) in [7, 11) is 0. The van der Waals surface area contributed by atoms with Gasteiger partial charge in [-0.15, -0.1) is 0 Å². The Labute approximate surface area is 198 Å². The van der Waals surface area contributed by atoms with Gasteiger partial charge in [-0.3, -0.25) is 15.1 Å². The van der Waals surface area contributed by atoms with E-state index in [0.29, 0.717) is 26.3 Å². The van der Waals surface area contributed by atoms with Gasteiger partial charge in [-0.25, -0.2) is 0 Å². The van der Waals surface area contributed by atoms with Gasteiger partial charge in [0.15, 0.2) is 5.75 Å².